The fourth-order valence-corrected chi connectivity index (χ4v) is 6.64. The van der Waals surface area contributed by atoms with Crippen LogP contribution in [0.15, 0.2) is 53.4 Å². The number of anilines is 1. The highest BCUT2D eigenvalue weighted by Gasteiger charge is 2.32. The molecule has 0 aliphatic carbocycles. The summed E-state index contributed by atoms with van der Waals surface area (Å²) in [5.41, 5.74) is 0.931. The Kier molecular flexibility index (Phi) is 6.88. The number of hydrogen-bond acceptors (Lipinski definition) is 4. The van der Waals surface area contributed by atoms with E-state index in [1.54, 1.807) is 28.6 Å². The zero-order chi connectivity index (χ0) is 21.1. The van der Waals surface area contributed by atoms with E-state index in [1.807, 2.05) is 6.92 Å². The van der Waals surface area contributed by atoms with Gasteiger partial charge in [-0.2, -0.15) is 4.31 Å². The summed E-state index contributed by atoms with van der Waals surface area (Å²) in [5.74, 6) is -0.198. The number of nitrogens with zero attached hydrogens (tertiary/aromatic N) is 1. The number of rotatable bonds is 7. The minimum Gasteiger partial charge on any atom is -0.283 e. The molecule has 2 aromatic rings. The molecule has 0 radical (unpaired) electrons. The maximum atomic E-state index is 13.0. The van der Waals surface area contributed by atoms with Crippen LogP contribution in [0.1, 0.15) is 38.2 Å². The van der Waals surface area contributed by atoms with Gasteiger partial charge >= 0.3 is 0 Å². The first-order valence-corrected chi connectivity index (χ1v) is 13.0. The molecule has 1 aliphatic rings. The molecule has 1 unspecified atom stereocenters. The Balaban J connectivity index is 1.73. The van der Waals surface area contributed by atoms with Gasteiger partial charge in [0.25, 0.3) is 0 Å². The normalized spacial score (nSPS) is 18.5. The molecule has 0 aromatic heterocycles. The molecule has 3 rings (SSSR count). The largest absolute Gasteiger partial charge is 0.283 e. The summed E-state index contributed by atoms with van der Waals surface area (Å²) in [6, 6.07) is 12.5. The molecule has 158 valence electrons. The Morgan fingerprint density at radius 2 is 1.66 bits per heavy atom. The third-order valence-corrected chi connectivity index (χ3v) is 8.53. The van der Waals surface area contributed by atoms with Crippen molar-refractivity contribution in [2.24, 2.45) is 0 Å². The fraction of sp³-hybridized carbons (Fsp3) is 0.400. The maximum absolute atomic E-state index is 13.0. The van der Waals surface area contributed by atoms with Crippen molar-refractivity contribution in [3.05, 3.63) is 59.1 Å². The zero-order valence-electron chi connectivity index (χ0n) is 16.2. The van der Waals surface area contributed by atoms with Crippen molar-refractivity contribution < 1.29 is 16.8 Å². The van der Waals surface area contributed by atoms with Gasteiger partial charge in [-0.1, -0.05) is 37.1 Å². The number of nitrogens with one attached hydrogen (secondary N) is 1. The highest BCUT2D eigenvalue weighted by Crippen LogP contribution is 2.27. The van der Waals surface area contributed by atoms with Crippen molar-refractivity contribution in [1.82, 2.24) is 4.31 Å². The molecule has 2 aromatic carbocycles. The van der Waals surface area contributed by atoms with Crippen LogP contribution in [0.5, 0.6) is 0 Å². The summed E-state index contributed by atoms with van der Waals surface area (Å²) in [6.07, 6.45) is 3.55. The van der Waals surface area contributed by atoms with E-state index in [1.165, 1.54) is 24.3 Å². The van der Waals surface area contributed by atoms with Crippen molar-refractivity contribution in [3.63, 3.8) is 0 Å². The molecule has 0 bridgehead atoms. The standard InChI is InChI=1S/C20H25ClN2O4S2/c1-2-19-5-3-4-14-23(19)29(26,27)20-12-10-18(11-13-20)22-28(24,25)15-16-6-8-17(21)9-7-16/h6-13,19,22H,2-5,14-15H2,1H3. The van der Waals surface area contributed by atoms with Crippen LogP contribution in [0.3, 0.4) is 0 Å². The van der Waals surface area contributed by atoms with Gasteiger partial charge in [-0.05, 0) is 61.2 Å². The van der Waals surface area contributed by atoms with E-state index in [0.29, 0.717) is 22.8 Å². The molecule has 1 fully saturated rings. The summed E-state index contributed by atoms with van der Waals surface area (Å²) < 4.78 is 54.9. The lowest BCUT2D eigenvalue weighted by Crippen LogP contribution is -2.43. The molecule has 9 heteroatoms. The monoisotopic (exact) mass is 456 g/mol. The number of piperidine rings is 1. The Labute approximate surface area is 178 Å². The Hall–Kier alpha value is -1.61. The summed E-state index contributed by atoms with van der Waals surface area (Å²) in [5, 5.41) is 0.537. The van der Waals surface area contributed by atoms with Gasteiger partial charge in [0.1, 0.15) is 0 Å². The molecule has 6 nitrogen and oxygen atoms in total. The first-order valence-electron chi connectivity index (χ1n) is 9.58. The predicted octanol–water partition coefficient (Wildman–Crippen LogP) is 4.24. The van der Waals surface area contributed by atoms with Gasteiger partial charge in [-0.15, -0.1) is 0 Å². The van der Waals surface area contributed by atoms with Gasteiger partial charge in [-0.25, -0.2) is 16.8 Å². The molecule has 1 saturated heterocycles. The quantitative estimate of drug-likeness (QED) is 0.675. The zero-order valence-corrected chi connectivity index (χ0v) is 18.6. The SMILES string of the molecule is CCC1CCCCN1S(=O)(=O)c1ccc(NS(=O)(=O)Cc2ccc(Cl)cc2)cc1. The van der Waals surface area contributed by atoms with Gasteiger partial charge in [0.15, 0.2) is 0 Å². The number of benzene rings is 2. The number of sulfonamides is 2. The lowest BCUT2D eigenvalue weighted by atomic mass is 10.0. The fourth-order valence-electron chi connectivity index (χ4n) is 3.54. The van der Waals surface area contributed by atoms with Crippen LogP contribution in [-0.4, -0.2) is 33.7 Å². The summed E-state index contributed by atoms with van der Waals surface area (Å²) in [4.78, 5) is 0.179. The second-order valence-electron chi connectivity index (χ2n) is 7.19. The molecule has 29 heavy (non-hydrogen) atoms. The van der Waals surface area contributed by atoms with E-state index in [0.717, 1.165) is 25.7 Å². The molecule has 0 spiro atoms. The van der Waals surface area contributed by atoms with Crippen molar-refractivity contribution in [2.45, 2.75) is 49.3 Å². The van der Waals surface area contributed by atoms with Crippen LogP contribution in [0.2, 0.25) is 5.02 Å². The van der Waals surface area contributed by atoms with Crippen LogP contribution in [0.4, 0.5) is 5.69 Å². The summed E-state index contributed by atoms with van der Waals surface area (Å²) >= 11 is 5.82. The molecular formula is C20H25ClN2O4S2. The average Bonchev–Trinajstić information content (AvgIpc) is 2.69. The van der Waals surface area contributed by atoms with Crippen molar-refractivity contribution in [1.29, 1.82) is 0 Å². The van der Waals surface area contributed by atoms with Gasteiger partial charge in [0, 0.05) is 23.3 Å². The third-order valence-electron chi connectivity index (χ3n) is 5.05. The van der Waals surface area contributed by atoms with E-state index in [9.17, 15) is 16.8 Å². The first-order chi connectivity index (χ1) is 13.7. The highest BCUT2D eigenvalue weighted by atomic mass is 35.5. The molecule has 0 saturated carbocycles. The van der Waals surface area contributed by atoms with Crippen LogP contribution < -0.4 is 4.72 Å². The minimum absolute atomic E-state index is 0.0197. The van der Waals surface area contributed by atoms with Crippen LogP contribution in [0.25, 0.3) is 0 Å². The Bertz CT molecular complexity index is 1040. The van der Waals surface area contributed by atoms with Gasteiger partial charge in [-0.3, -0.25) is 4.72 Å². The van der Waals surface area contributed by atoms with E-state index >= 15 is 0 Å². The molecular weight excluding hydrogens is 432 g/mol. The van der Waals surface area contributed by atoms with Gasteiger partial charge in [0.2, 0.25) is 20.0 Å². The highest BCUT2D eigenvalue weighted by molar-refractivity contribution is 7.92. The minimum atomic E-state index is -3.64. The summed E-state index contributed by atoms with van der Waals surface area (Å²) in [7, 11) is -7.23. The molecule has 0 amide bonds. The smallest absolute Gasteiger partial charge is 0.243 e. The number of hydrogen-bond donors (Lipinski definition) is 1. The maximum Gasteiger partial charge on any atom is 0.243 e. The van der Waals surface area contributed by atoms with E-state index in [-0.39, 0.29) is 16.7 Å². The van der Waals surface area contributed by atoms with E-state index < -0.39 is 20.0 Å². The van der Waals surface area contributed by atoms with Crippen molar-refractivity contribution >= 4 is 37.3 Å². The Morgan fingerprint density at radius 3 is 2.28 bits per heavy atom. The van der Waals surface area contributed by atoms with Crippen LogP contribution >= 0.6 is 11.6 Å². The molecule has 1 N–H and O–H groups in total. The molecule has 1 atom stereocenters. The lowest BCUT2D eigenvalue weighted by Gasteiger charge is -2.34. The van der Waals surface area contributed by atoms with Crippen molar-refractivity contribution in [3.8, 4) is 0 Å². The third kappa shape index (κ3) is 5.51. The second-order valence-corrected chi connectivity index (χ2v) is 11.2. The Morgan fingerprint density at radius 1 is 1.00 bits per heavy atom. The van der Waals surface area contributed by atoms with Crippen LogP contribution in [-0.2, 0) is 25.8 Å². The summed E-state index contributed by atoms with van der Waals surface area (Å²) in [6.45, 7) is 2.52. The van der Waals surface area contributed by atoms with Crippen molar-refractivity contribution in [2.75, 3.05) is 11.3 Å². The molecule has 1 aliphatic heterocycles. The lowest BCUT2D eigenvalue weighted by molar-refractivity contribution is 0.246. The average molecular weight is 457 g/mol. The topological polar surface area (TPSA) is 83.6 Å². The first kappa shape index (κ1) is 22.1. The van der Waals surface area contributed by atoms with Gasteiger partial charge in [0.05, 0.1) is 10.6 Å². The van der Waals surface area contributed by atoms with E-state index in [4.69, 9.17) is 11.6 Å². The van der Waals surface area contributed by atoms with Crippen LogP contribution in [0, 0.1) is 0 Å². The number of halogens is 1. The predicted molar refractivity (Wildman–Crippen MR) is 116 cm³/mol. The second kappa shape index (κ2) is 9.04. The van der Waals surface area contributed by atoms with Gasteiger partial charge < -0.3 is 0 Å². The molecule has 1 heterocycles. The van der Waals surface area contributed by atoms with E-state index in [2.05, 4.69) is 4.72 Å².